The molecule has 0 fully saturated rings. The second-order valence-electron chi connectivity index (χ2n) is 8.98. The number of rotatable bonds is 7. The number of aliphatic carboxylic acids is 2. The van der Waals surface area contributed by atoms with Crippen LogP contribution in [0.25, 0.3) is 0 Å². The number of carboxylic acid groups (broad SMARTS) is 3. The van der Waals surface area contributed by atoms with Gasteiger partial charge >= 0.3 is 23.9 Å². The van der Waals surface area contributed by atoms with E-state index in [0.717, 1.165) is 0 Å². The third kappa shape index (κ3) is 3.84. The summed E-state index contributed by atoms with van der Waals surface area (Å²) in [5.41, 5.74) is -0.834. The van der Waals surface area contributed by atoms with Gasteiger partial charge in [0.1, 0.15) is 23.0 Å². The van der Waals surface area contributed by atoms with E-state index in [9.17, 15) is 34.5 Å². The molecule has 194 valence electrons. The van der Waals surface area contributed by atoms with Crippen molar-refractivity contribution in [3.05, 3.63) is 81.4 Å². The molecule has 2 heterocycles. The minimum Gasteiger partial charge on any atom is -0.508 e. The van der Waals surface area contributed by atoms with Crippen LogP contribution in [0.2, 0.25) is 0 Å². The largest absolute Gasteiger partial charge is 0.508 e. The summed E-state index contributed by atoms with van der Waals surface area (Å²) in [5.74, 6) is -4.68. The second kappa shape index (κ2) is 8.80. The van der Waals surface area contributed by atoms with Crippen molar-refractivity contribution in [2.75, 3.05) is 0 Å². The molecule has 38 heavy (non-hydrogen) atoms. The second-order valence-corrected chi connectivity index (χ2v) is 8.98. The van der Waals surface area contributed by atoms with E-state index < -0.39 is 29.5 Å². The van der Waals surface area contributed by atoms with E-state index >= 15 is 0 Å². The number of ether oxygens (including phenoxy) is 2. The predicted molar refractivity (Wildman–Crippen MR) is 127 cm³/mol. The molecule has 5 N–H and O–H groups in total. The molecule has 0 atom stereocenters. The Morgan fingerprint density at radius 2 is 1.26 bits per heavy atom. The van der Waals surface area contributed by atoms with Gasteiger partial charge in [-0.2, -0.15) is 0 Å². The van der Waals surface area contributed by atoms with Crippen molar-refractivity contribution in [2.24, 2.45) is 0 Å². The van der Waals surface area contributed by atoms with Crippen molar-refractivity contribution >= 4 is 23.9 Å². The van der Waals surface area contributed by atoms with Gasteiger partial charge < -0.3 is 35.0 Å². The molecule has 0 unspecified atom stereocenters. The van der Waals surface area contributed by atoms with Crippen LogP contribution < -0.4 is 4.74 Å². The van der Waals surface area contributed by atoms with Gasteiger partial charge in [-0.3, -0.25) is 9.59 Å². The van der Waals surface area contributed by atoms with Crippen molar-refractivity contribution in [3.8, 4) is 23.0 Å². The first-order valence-electron chi connectivity index (χ1n) is 11.5. The molecule has 0 saturated heterocycles. The molecular weight excluding hydrogens is 500 g/mol. The summed E-state index contributed by atoms with van der Waals surface area (Å²) in [6.07, 6.45) is -0.730. The van der Waals surface area contributed by atoms with Crippen LogP contribution >= 0.6 is 0 Å². The van der Waals surface area contributed by atoms with E-state index in [1.165, 1.54) is 42.5 Å². The van der Waals surface area contributed by atoms with Gasteiger partial charge in [0.05, 0.1) is 11.1 Å². The molecule has 11 heteroatoms. The predicted octanol–water partition coefficient (Wildman–Crippen LogP) is 3.40. The van der Waals surface area contributed by atoms with Crippen LogP contribution in [0, 0.1) is 0 Å². The summed E-state index contributed by atoms with van der Waals surface area (Å²) in [6, 6.07) is 9.22. The Balaban J connectivity index is 1.81. The van der Waals surface area contributed by atoms with E-state index in [4.69, 9.17) is 19.7 Å². The van der Waals surface area contributed by atoms with Crippen LogP contribution in [0.3, 0.4) is 0 Å². The summed E-state index contributed by atoms with van der Waals surface area (Å²) in [4.78, 5) is 47.3. The lowest BCUT2D eigenvalue weighted by molar-refractivity contribution is -0.138. The van der Waals surface area contributed by atoms with Crippen molar-refractivity contribution < 1.29 is 54.2 Å². The molecule has 0 radical (unpaired) electrons. The first-order chi connectivity index (χ1) is 18.0. The van der Waals surface area contributed by atoms with Crippen LogP contribution in [-0.2, 0) is 32.8 Å². The quantitative estimate of drug-likeness (QED) is 0.287. The maximum atomic E-state index is 13.1. The highest BCUT2D eigenvalue weighted by molar-refractivity contribution is 5.99. The zero-order chi connectivity index (χ0) is 27.4. The van der Waals surface area contributed by atoms with Gasteiger partial charge in [-0.25, -0.2) is 9.59 Å². The highest BCUT2D eigenvalue weighted by Gasteiger charge is 2.54. The Labute approximate surface area is 214 Å². The molecule has 1 spiro atoms. The van der Waals surface area contributed by atoms with Gasteiger partial charge in [-0.15, -0.1) is 0 Å². The Hall–Kier alpha value is -5.06. The van der Waals surface area contributed by atoms with E-state index in [1.54, 1.807) is 0 Å². The van der Waals surface area contributed by atoms with Gasteiger partial charge in [0.25, 0.3) is 0 Å². The van der Waals surface area contributed by atoms with Gasteiger partial charge in [0.2, 0.25) is 0 Å². The molecule has 3 aromatic carbocycles. The average Bonchev–Trinajstić information content (AvgIpc) is 3.14. The van der Waals surface area contributed by atoms with Gasteiger partial charge in [0, 0.05) is 41.7 Å². The molecule has 0 aliphatic carbocycles. The fourth-order valence-electron chi connectivity index (χ4n) is 4.89. The number of carbonyl (C=O) groups excluding carboxylic acids is 1. The standard InChI is InChI=1S/C27H20O11/c28-19-10-21-17(7-12(19)2-5-23(30)31)27(16-9-14(25(34)35)1-4-15(16)26(36)38-27)18-8-13(3-6-24(32)33)20(29)11-22(18)37-21/h1,4,7-11,28-29H,2-3,5-6H2,(H,30,31)(H,32,33)(H,34,35). The third-order valence-electron chi connectivity index (χ3n) is 6.67. The number of phenolic OH excluding ortho intramolecular Hbond substituents is 2. The number of hydrogen-bond donors (Lipinski definition) is 5. The number of phenols is 2. The van der Waals surface area contributed by atoms with Gasteiger partial charge in [0.15, 0.2) is 5.60 Å². The Kier molecular flexibility index (Phi) is 5.70. The summed E-state index contributed by atoms with van der Waals surface area (Å²) >= 11 is 0. The zero-order valence-electron chi connectivity index (χ0n) is 19.6. The number of aromatic hydroxyl groups is 2. The van der Waals surface area contributed by atoms with Crippen molar-refractivity contribution in [2.45, 2.75) is 31.3 Å². The summed E-state index contributed by atoms with van der Waals surface area (Å²) in [7, 11) is 0. The number of hydrogen-bond acceptors (Lipinski definition) is 8. The summed E-state index contributed by atoms with van der Waals surface area (Å²) < 4.78 is 11.9. The molecular formula is C27H20O11. The number of aromatic carboxylic acids is 1. The highest BCUT2D eigenvalue weighted by Crippen LogP contribution is 2.58. The number of aryl methyl sites for hydroxylation is 2. The molecule has 0 bridgehead atoms. The first-order valence-corrected chi connectivity index (χ1v) is 11.5. The molecule has 0 saturated carbocycles. The normalized spacial score (nSPS) is 14.2. The van der Waals surface area contributed by atoms with Crippen molar-refractivity contribution in [1.82, 2.24) is 0 Å². The molecule has 0 aromatic heterocycles. The van der Waals surface area contributed by atoms with Crippen molar-refractivity contribution in [1.29, 1.82) is 0 Å². The lowest BCUT2D eigenvalue weighted by Crippen LogP contribution is -2.33. The fourth-order valence-corrected chi connectivity index (χ4v) is 4.89. The Bertz CT molecular complexity index is 1480. The third-order valence-corrected chi connectivity index (χ3v) is 6.67. The Morgan fingerprint density at radius 1 is 0.737 bits per heavy atom. The first kappa shape index (κ1) is 24.6. The number of esters is 1. The topological polar surface area (TPSA) is 188 Å². The van der Waals surface area contributed by atoms with E-state index in [2.05, 4.69) is 0 Å². The molecule has 5 rings (SSSR count). The zero-order valence-corrected chi connectivity index (χ0v) is 19.6. The minimum absolute atomic E-state index is 0.0353. The molecule has 2 aliphatic rings. The number of carboxylic acids is 3. The number of carbonyl (C=O) groups is 4. The SMILES string of the molecule is O=C(O)CCc1cc2c(cc1O)Oc1cc(O)c(CCC(=O)O)cc1C21OC(=O)c2ccc(C(=O)O)cc21. The highest BCUT2D eigenvalue weighted by atomic mass is 16.6. The maximum Gasteiger partial charge on any atom is 0.340 e. The van der Waals surface area contributed by atoms with Crippen molar-refractivity contribution in [3.63, 3.8) is 0 Å². The van der Waals surface area contributed by atoms with E-state index in [-0.39, 0.29) is 87.6 Å². The average molecular weight is 520 g/mol. The van der Waals surface area contributed by atoms with Crippen LogP contribution in [0.15, 0.2) is 42.5 Å². The number of benzene rings is 3. The number of fused-ring (bicyclic) bond motifs is 6. The van der Waals surface area contributed by atoms with Crippen LogP contribution in [-0.4, -0.2) is 49.4 Å². The van der Waals surface area contributed by atoms with Gasteiger partial charge in [-0.1, -0.05) is 0 Å². The van der Waals surface area contributed by atoms with E-state index in [1.807, 2.05) is 0 Å². The maximum absolute atomic E-state index is 13.1. The van der Waals surface area contributed by atoms with Crippen LogP contribution in [0.4, 0.5) is 0 Å². The van der Waals surface area contributed by atoms with Crippen LogP contribution in [0.5, 0.6) is 23.0 Å². The molecule has 0 amide bonds. The smallest absolute Gasteiger partial charge is 0.340 e. The lowest BCUT2D eigenvalue weighted by Gasteiger charge is -2.37. The monoisotopic (exact) mass is 520 g/mol. The summed E-state index contributed by atoms with van der Waals surface area (Å²) in [5, 5.41) is 49.1. The summed E-state index contributed by atoms with van der Waals surface area (Å²) in [6.45, 7) is 0. The minimum atomic E-state index is -1.79. The Morgan fingerprint density at radius 3 is 1.74 bits per heavy atom. The molecule has 2 aliphatic heterocycles. The van der Waals surface area contributed by atoms with Crippen LogP contribution in [0.1, 0.15) is 61.4 Å². The van der Waals surface area contributed by atoms with E-state index in [0.29, 0.717) is 0 Å². The molecule has 3 aromatic rings. The lowest BCUT2D eigenvalue weighted by atomic mass is 9.76. The van der Waals surface area contributed by atoms with Gasteiger partial charge in [-0.05, 0) is 54.3 Å². The fraction of sp³-hybridized carbons (Fsp3) is 0.185. The molecule has 11 nitrogen and oxygen atoms in total.